The number of piperidine rings is 1. The first-order valence-corrected chi connectivity index (χ1v) is 13.7. The highest BCUT2D eigenvalue weighted by Crippen LogP contribution is 2.33. The van der Waals surface area contributed by atoms with E-state index in [1.807, 2.05) is 13.0 Å². The van der Waals surface area contributed by atoms with Crippen LogP contribution in [0.5, 0.6) is 0 Å². The third-order valence-electron chi connectivity index (χ3n) is 6.92. The van der Waals surface area contributed by atoms with Crippen molar-refractivity contribution in [2.45, 2.75) is 32.7 Å². The van der Waals surface area contributed by atoms with Crippen molar-refractivity contribution < 1.29 is 23.5 Å². The van der Waals surface area contributed by atoms with Crippen LogP contribution >= 0.6 is 22.9 Å². The molecular weight excluding hydrogens is 532 g/mol. The molecule has 0 bridgehead atoms. The van der Waals surface area contributed by atoms with Gasteiger partial charge in [0.1, 0.15) is 12.2 Å². The molecule has 13 heteroatoms. The first kappa shape index (κ1) is 26.4. The summed E-state index contributed by atoms with van der Waals surface area (Å²) in [6.07, 6.45) is 3.55. The van der Waals surface area contributed by atoms with Gasteiger partial charge in [-0.2, -0.15) is 9.67 Å². The van der Waals surface area contributed by atoms with Gasteiger partial charge in [-0.25, -0.2) is 0 Å². The lowest BCUT2D eigenvalue weighted by molar-refractivity contribution is -0.146. The number of furan rings is 1. The van der Waals surface area contributed by atoms with Crippen molar-refractivity contribution in [1.29, 1.82) is 0 Å². The quantitative estimate of drug-likeness (QED) is 0.468. The zero-order chi connectivity index (χ0) is 26.8. The normalized spacial score (nSPS) is 20.1. The van der Waals surface area contributed by atoms with Gasteiger partial charge in [0.15, 0.2) is 5.82 Å². The summed E-state index contributed by atoms with van der Waals surface area (Å²) >= 11 is 7.48. The van der Waals surface area contributed by atoms with Crippen LogP contribution in [0.1, 0.15) is 45.9 Å². The minimum absolute atomic E-state index is 0.000150. The second kappa shape index (κ2) is 11.3. The molecule has 3 aromatic rings. The van der Waals surface area contributed by atoms with E-state index in [1.54, 1.807) is 22.8 Å². The third-order valence-corrected chi connectivity index (χ3v) is 8.15. The number of anilines is 1. The second-order valence-corrected chi connectivity index (χ2v) is 11.3. The largest absolute Gasteiger partial charge is 0.471 e. The maximum Gasteiger partial charge on any atom is 0.284 e. The fourth-order valence-electron chi connectivity index (χ4n) is 4.70. The van der Waals surface area contributed by atoms with E-state index in [9.17, 15) is 14.4 Å². The number of nitrogens with zero attached hydrogens (tertiary/aromatic N) is 5. The minimum atomic E-state index is -0.683. The Morgan fingerprint density at radius 2 is 2.00 bits per heavy atom. The molecule has 5 rings (SSSR count). The Bertz CT molecular complexity index is 1330. The molecule has 1 N–H and O–H groups in total. The summed E-state index contributed by atoms with van der Waals surface area (Å²) < 4.78 is 12.4. The number of rotatable bonds is 7. The lowest BCUT2D eigenvalue weighted by Gasteiger charge is -2.36. The maximum atomic E-state index is 13.6. The number of carbonyl (C=O) groups is 3. The number of likely N-dealkylation sites (tertiary alicyclic amines) is 1. The van der Waals surface area contributed by atoms with Crippen LogP contribution in [0.2, 0.25) is 4.34 Å². The Balaban J connectivity index is 1.40. The predicted molar refractivity (Wildman–Crippen MR) is 140 cm³/mol. The molecule has 2 amide bonds. The summed E-state index contributed by atoms with van der Waals surface area (Å²) in [5.41, 5.74) is 1.02. The molecule has 2 aliphatic heterocycles. The van der Waals surface area contributed by atoms with Gasteiger partial charge in [0, 0.05) is 30.1 Å². The summed E-state index contributed by atoms with van der Waals surface area (Å²) in [6.45, 7) is 6.63. The van der Waals surface area contributed by atoms with Crippen LogP contribution in [0.25, 0.3) is 0 Å². The maximum absolute atomic E-state index is 13.6. The summed E-state index contributed by atoms with van der Waals surface area (Å²) in [5, 5.41) is 7.70. The van der Waals surface area contributed by atoms with Crippen LogP contribution in [-0.2, 0) is 20.9 Å². The number of hydrogen-bond donors (Lipinski definition) is 1. The van der Waals surface area contributed by atoms with Crippen LogP contribution in [0.15, 0.2) is 29.1 Å². The standard InChI is InChI=1S/C25H29ClN6O5S/c1-15-5-6-31(12-20(33)30-7-9-36-10-8-30)24(35)21(15)22-28-25(27-11-17-3-4-19(26)38-17)32(29-22)23(34)18-14-37-13-16(18)2/h3-4,13-15,21H,5-12H2,1-2H3,(H,27,28,29). The fourth-order valence-corrected chi connectivity index (χ4v) is 5.72. The van der Waals surface area contributed by atoms with E-state index in [2.05, 4.69) is 15.4 Å². The lowest BCUT2D eigenvalue weighted by Crippen LogP contribution is -2.51. The number of aryl methyl sites for hydroxylation is 1. The van der Waals surface area contributed by atoms with Gasteiger partial charge in [0.25, 0.3) is 5.91 Å². The smallest absolute Gasteiger partial charge is 0.284 e. The van der Waals surface area contributed by atoms with Crippen LogP contribution in [-0.4, -0.2) is 81.7 Å². The van der Waals surface area contributed by atoms with E-state index >= 15 is 0 Å². The molecule has 0 aliphatic carbocycles. The SMILES string of the molecule is Cc1cocc1C(=O)n1nc(C2C(=O)N(CC(=O)N3CCOCC3)CCC2C)nc1NCc1ccc(Cl)s1. The zero-order valence-corrected chi connectivity index (χ0v) is 22.8. The number of amides is 2. The Hall–Kier alpha value is -3.22. The van der Waals surface area contributed by atoms with E-state index in [0.717, 1.165) is 4.88 Å². The van der Waals surface area contributed by atoms with Gasteiger partial charge >= 0.3 is 0 Å². The van der Waals surface area contributed by atoms with E-state index in [-0.39, 0.29) is 36.0 Å². The molecule has 2 saturated heterocycles. The van der Waals surface area contributed by atoms with Crippen LogP contribution in [0.3, 0.4) is 0 Å². The van der Waals surface area contributed by atoms with E-state index in [4.69, 9.17) is 20.8 Å². The van der Waals surface area contributed by atoms with E-state index < -0.39 is 11.8 Å². The third kappa shape index (κ3) is 5.47. The van der Waals surface area contributed by atoms with E-state index in [1.165, 1.54) is 28.5 Å². The molecule has 38 heavy (non-hydrogen) atoms. The average Bonchev–Trinajstić information content (AvgIpc) is 3.64. The summed E-state index contributed by atoms with van der Waals surface area (Å²) in [5.74, 6) is -1.02. The number of nitrogens with one attached hydrogen (secondary N) is 1. The molecule has 0 aromatic carbocycles. The number of thiophene rings is 1. The van der Waals surface area contributed by atoms with Crippen LogP contribution < -0.4 is 5.32 Å². The van der Waals surface area contributed by atoms with Crippen molar-refractivity contribution in [3.05, 3.63) is 50.8 Å². The highest BCUT2D eigenvalue weighted by Gasteiger charge is 2.40. The monoisotopic (exact) mass is 560 g/mol. The van der Waals surface area contributed by atoms with Gasteiger partial charge in [0.2, 0.25) is 17.8 Å². The summed E-state index contributed by atoms with van der Waals surface area (Å²) in [6, 6.07) is 3.69. The van der Waals surface area contributed by atoms with Crippen molar-refractivity contribution in [2.24, 2.45) is 5.92 Å². The van der Waals surface area contributed by atoms with Crippen molar-refractivity contribution in [3.63, 3.8) is 0 Å². The zero-order valence-electron chi connectivity index (χ0n) is 21.2. The number of hydrogen-bond acceptors (Lipinski definition) is 9. The Morgan fingerprint density at radius 1 is 1.21 bits per heavy atom. The van der Waals surface area contributed by atoms with Crippen molar-refractivity contribution in [3.8, 4) is 0 Å². The minimum Gasteiger partial charge on any atom is -0.471 e. The molecule has 0 spiro atoms. The predicted octanol–water partition coefficient (Wildman–Crippen LogP) is 3.01. The molecule has 0 radical (unpaired) electrons. The molecule has 2 atom stereocenters. The molecular formula is C25H29ClN6O5S. The number of ether oxygens (including phenoxy) is 1. The number of aromatic nitrogens is 3. The van der Waals surface area contributed by atoms with Crippen molar-refractivity contribution in [1.82, 2.24) is 24.6 Å². The molecule has 2 aliphatic rings. The number of morpholine rings is 1. The van der Waals surface area contributed by atoms with Crippen molar-refractivity contribution >= 4 is 46.6 Å². The topological polar surface area (TPSA) is 123 Å². The van der Waals surface area contributed by atoms with E-state index in [0.29, 0.717) is 61.3 Å². The van der Waals surface area contributed by atoms with Gasteiger partial charge in [-0.3, -0.25) is 14.4 Å². The Kier molecular flexibility index (Phi) is 7.82. The van der Waals surface area contributed by atoms with Crippen molar-refractivity contribution in [2.75, 3.05) is 44.7 Å². The van der Waals surface area contributed by atoms with Gasteiger partial charge in [0.05, 0.1) is 42.5 Å². The first-order chi connectivity index (χ1) is 18.3. The molecule has 5 heterocycles. The van der Waals surface area contributed by atoms with Crippen LogP contribution in [0.4, 0.5) is 5.95 Å². The number of halogens is 1. The molecule has 2 unspecified atom stereocenters. The van der Waals surface area contributed by atoms with Gasteiger partial charge in [-0.1, -0.05) is 18.5 Å². The second-order valence-electron chi connectivity index (χ2n) is 9.53. The van der Waals surface area contributed by atoms with Gasteiger partial charge in [-0.05, 0) is 31.4 Å². The molecule has 2 fully saturated rings. The number of carbonyl (C=O) groups excluding carboxylic acids is 3. The summed E-state index contributed by atoms with van der Waals surface area (Å²) in [7, 11) is 0. The highest BCUT2D eigenvalue weighted by molar-refractivity contribution is 7.16. The Labute approximate surface area is 228 Å². The first-order valence-electron chi connectivity index (χ1n) is 12.5. The summed E-state index contributed by atoms with van der Waals surface area (Å²) in [4.78, 5) is 48.7. The molecule has 202 valence electrons. The molecule has 11 nitrogen and oxygen atoms in total. The fraction of sp³-hybridized carbons (Fsp3) is 0.480. The van der Waals surface area contributed by atoms with Gasteiger partial charge < -0.3 is 24.3 Å². The van der Waals surface area contributed by atoms with Crippen LogP contribution in [0, 0.1) is 12.8 Å². The highest BCUT2D eigenvalue weighted by atomic mass is 35.5. The lowest BCUT2D eigenvalue weighted by atomic mass is 9.85. The van der Waals surface area contributed by atoms with Gasteiger partial charge in [-0.15, -0.1) is 16.4 Å². The molecule has 3 aromatic heterocycles. The Morgan fingerprint density at radius 3 is 2.68 bits per heavy atom. The molecule has 0 saturated carbocycles. The average molecular weight is 561 g/mol.